The summed E-state index contributed by atoms with van der Waals surface area (Å²) in [5, 5.41) is 8.64. The molecule has 0 aromatic carbocycles. The molecule has 3 N–H and O–H groups in total. The van der Waals surface area contributed by atoms with Gasteiger partial charge in [-0.3, -0.25) is 4.79 Å². The van der Waals surface area contributed by atoms with Gasteiger partial charge in [-0.15, -0.1) is 0 Å². The van der Waals surface area contributed by atoms with E-state index >= 15 is 0 Å². The molecule has 0 bridgehead atoms. The van der Waals surface area contributed by atoms with Crippen molar-refractivity contribution < 1.29 is 19.4 Å². The number of rotatable bonds is 2. The highest BCUT2D eigenvalue weighted by Gasteiger charge is 2.52. The second-order valence-electron chi connectivity index (χ2n) is 3.64. The molecule has 0 unspecified atom stereocenters. The Bertz CT molecular complexity index is 216. The first kappa shape index (κ1) is 8.93. The van der Waals surface area contributed by atoms with Crippen LogP contribution >= 0.6 is 0 Å². The van der Waals surface area contributed by atoms with Gasteiger partial charge in [-0.25, -0.2) is 0 Å². The molecular weight excluding hydrogens is 174 g/mol. The van der Waals surface area contributed by atoms with E-state index in [1.54, 1.807) is 0 Å². The Morgan fingerprint density at radius 3 is 2.46 bits per heavy atom. The lowest BCUT2D eigenvalue weighted by molar-refractivity contribution is -0.233. The molecule has 1 aliphatic carbocycles. The highest BCUT2D eigenvalue weighted by atomic mass is 16.7. The first-order chi connectivity index (χ1) is 6.13. The van der Waals surface area contributed by atoms with Gasteiger partial charge in [0.2, 0.25) is 0 Å². The normalized spacial score (nSPS) is 28.7. The molecule has 5 nitrogen and oxygen atoms in total. The molecule has 0 radical (unpaired) electrons. The first-order valence-corrected chi connectivity index (χ1v) is 4.39. The molecule has 1 heterocycles. The smallest absolute Gasteiger partial charge is 0.320 e. The van der Waals surface area contributed by atoms with Crippen molar-refractivity contribution in [2.24, 2.45) is 11.7 Å². The Hall–Kier alpha value is -0.650. The van der Waals surface area contributed by atoms with E-state index in [-0.39, 0.29) is 5.92 Å². The third-order valence-electron chi connectivity index (χ3n) is 2.75. The lowest BCUT2D eigenvalue weighted by Crippen LogP contribution is -2.54. The van der Waals surface area contributed by atoms with E-state index in [4.69, 9.17) is 20.3 Å². The summed E-state index contributed by atoms with van der Waals surface area (Å²) in [6, 6.07) is -0.779. The second-order valence-corrected chi connectivity index (χ2v) is 3.64. The number of hydrogen-bond donors (Lipinski definition) is 2. The molecule has 2 fully saturated rings. The monoisotopic (exact) mass is 187 g/mol. The summed E-state index contributed by atoms with van der Waals surface area (Å²) in [6.45, 7) is 1.21. The van der Waals surface area contributed by atoms with Gasteiger partial charge in [0.15, 0.2) is 5.79 Å². The van der Waals surface area contributed by atoms with Gasteiger partial charge in [0.1, 0.15) is 6.04 Å². The third kappa shape index (κ3) is 1.43. The number of carbonyl (C=O) groups is 1. The summed E-state index contributed by atoms with van der Waals surface area (Å²) < 4.78 is 10.7. The van der Waals surface area contributed by atoms with E-state index in [0.29, 0.717) is 26.1 Å². The van der Waals surface area contributed by atoms with Crippen molar-refractivity contribution in [2.45, 2.75) is 24.7 Å². The van der Waals surface area contributed by atoms with Crippen molar-refractivity contribution in [2.75, 3.05) is 13.2 Å². The van der Waals surface area contributed by atoms with Crippen LogP contribution in [-0.2, 0) is 14.3 Å². The maximum absolute atomic E-state index is 10.5. The second kappa shape index (κ2) is 2.94. The lowest BCUT2D eigenvalue weighted by Gasteiger charge is -2.44. The average molecular weight is 187 g/mol. The predicted octanol–water partition coefficient (Wildman–Crippen LogP) is -0.449. The van der Waals surface area contributed by atoms with Crippen LogP contribution in [0.15, 0.2) is 0 Å². The van der Waals surface area contributed by atoms with Gasteiger partial charge < -0.3 is 20.3 Å². The van der Waals surface area contributed by atoms with Crippen LogP contribution in [0, 0.1) is 5.92 Å². The van der Waals surface area contributed by atoms with Crippen LogP contribution in [0.3, 0.4) is 0 Å². The zero-order valence-electron chi connectivity index (χ0n) is 7.23. The molecule has 1 saturated carbocycles. The molecule has 5 heteroatoms. The molecule has 13 heavy (non-hydrogen) atoms. The fourth-order valence-electron chi connectivity index (χ4n) is 1.93. The Labute approximate surface area is 75.8 Å². The summed E-state index contributed by atoms with van der Waals surface area (Å²) in [6.07, 6.45) is 1.22. The van der Waals surface area contributed by atoms with E-state index in [0.717, 1.165) is 0 Å². The number of hydrogen-bond acceptors (Lipinski definition) is 4. The molecule has 0 aromatic heterocycles. The minimum Gasteiger partial charge on any atom is -0.480 e. The predicted molar refractivity (Wildman–Crippen MR) is 43.0 cm³/mol. The molecule has 2 aliphatic rings. The Morgan fingerprint density at radius 2 is 2.00 bits per heavy atom. The Balaban J connectivity index is 1.86. The van der Waals surface area contributed by atoms with Crippen molar-refractivity contribution in [3.05, 3.63) is 0 Å². The van der Waals surface area contributed by atoms with Gasteiger partial charge in [-0.1, -0.05) is 0 Å². The minimum absolute atomic E-state index is 0.00407. The molecule has 1 saturated heterocycles. The van der Waals surface area contributed by atoms with E-state index in [2.05, 4.69) is 0 Å². The fraction of sp³-hybridized carbons (Fsp3) is 0.875. The zero-order valence-corrected chi connectivity index (χ0v) is 7.23. The number of carboxylic acid groups (broad SMARTS) is 1. The Morgan fingerprint density at radius 1 is 1.46 bits per heavy atom. The van der Waals surface area contributed by atoms with Crippen LogP contribution in [0.25, 0.3) is 0 Å². The van der Waals surface area contributed by atoms with Crippen LogP contribution in [0.1, 0.15) is 12.8 Å². The van der Waals surface area contributed by atoms with E-state index < -0.39 is 17.8 Å². The Kier molecular flexibility index (Phi) is 2.02. The number of nitrogens with two attached hydrogens (primary N) is 1. The van der Waals surface area contributed by atoms with Crippen molar-refractivity contribution >= 4 is 5.97 Å². The maximum atomic E-state index is 10.5. The fourth-order valence-corrected chi connectivity index (χ4v) is 1.93. The van der Waals surface area contributed by atoms with E-state index in [9.17, 15) is 4.79 Å². The van der Waals surface area contributed by atoms with Gasteiger partial charge >= 0.3 is 5.97 Å². The van der Waals surface area contributed by atoms with Gasteiger partial charge in [-0.2, -0.15) is 0 Å². The SMILES string of the molecule is N[C@@H](C(=O)O)C1CC2(C1)OCCO2. The standard InChI is InChI=1S/C8H13NO4/c9-6(7(10)11)5-3-8(4-5)12-1-2-13-8/h5-6H,1-4,9H2,(H,10,11)/t6-/m1/s1. The molecule has 74 valence electrons. The zero-order chi connectivity index (χ0) is 9.47. The third-order valence-corrected chi connectivity index (χ3v) is 2.75. The minimum atomic E-state index is -0.946. The largest absolute Gasteiger partial charge is 0.480 e. The maximum Gasteiger partial charge on any atom is 0.320 e. The summed E-state index contributed by atoms with van der Waals surface area (Å²) in [4.78, 5) is 10.5. The van der Waals surface area contributed by atoms with Gasteiger partial charge in [-0.05, 0) is 5.92 Å². The molecule has 1 spiro atoms. The lowest BCUT2D eigenvalue weighted by atomic mass is 9.74. The molecular formula is C8H13NO4. The quantitative estimate of drug-likeness (QED) is 0.612. The molecule has 0 amide bonds. The topological polar surface area (TPSA) is 81.8 Å². The first-order valence-electron chi connectivity index (χ1n) is 4.39. The van der Waals surface area contributed by atoms with E-state index in [1.165, 1.54) is 0 Å². The number of aliphatic carboxylic acids is 1. The van der Waals surface area contributed by atoms with Crippen molar-refractivity contribution in [1.29, 1.82) is 0 Å². The van der Waals surface area contributed by atoms with Crippen LogP contribution in [0.5, 0.6) is 0 Å². The van der Waals surface area contributed by atoms with E-state index in [1.807, 2.05) is 0 Å². The number of carboxylic acids is 1. The summed E-state index contributed by atoms with van der Waals surface area (Å²) in [5.74, 6) is -1.44. The summed E-state index contributed by atoms with van der Waals surface area (Å²) in [7, 11) is 0. The molecule has 1 atom stereocenters. The summed E-state index contributed by atoms with van der Waals surface area (Å²) in [5.41, 5.74) is 5.46. The average Bonchev–Trinajstić information content (AvgIpc) is 2.47. The molecule has 1 aliphatic heterocycles. The van der Waals surface area contributed by atoms with Crippen molar-refractivity contribution in [3.8, 4) is 0 Å². The molecule has 0 aromatic rings. The van der Waals surface area contributed by atoms with Crippen molar-refractivity contribution in [1.82, 2.24) is 0 Å². The van der Waals surface area contributed by atoms with Crippen molar-refractivity contribution in [3.63, 3.8) is 0 Å². The number of ether oxygens (including phenoxy) is 2. The van der Waals surface area contributed by atoms with Crippen LogP contribution in [0.2, 0.25) is 0 Å². The van der Waals surface area contributed by atoms with Gasteiger partial charge in [0.05, 0.1) is 13.2 Å². The molecule has 2 rings (SSSR count). The van der Waals surface area contributed by atoms with Crippen LogP contribution in [-0.4, -0.2) is 36.1 Å². The highest BCUT2D eigenvalue weighted by Crippen LogP contribution is 2.45. The van der Waals surface area contributed by atoms with Gasteiger partial charge in [0, 0.05) is 12.8 Å². The summed E-state index contributed by atoms with van der Waals surface area (Å²) >= 11 is 0. The highest BCUT2D eigenvalue weighted by molar-refractivity contribution is 5.73. The van der Waals surface area contributed by atoms with Crippen LogP contribution in [0.4, 0.5) is 0 Å². The van der Waals surface area contributed by atoms with Gasteiger partial charge in [0.25, 0.3) is 0 Å². The van der Waals surface area contributed by atoms with Crippen LogP contribution < -0.4 is 5.73 Å².